The van der Waals surface area contributed by atoms with Crippen molar-refractivity contribution in [2.75, 3.05) is 13.7 Å². The summed E-state index contributed by atoms with van der Waals surface area (Å²) < 4.78 is 6.72. The smallest absolute Gasteiger partial charge is 0.126 e. The van der Waals surface area contributed by atoms with Crippen LogP contribution in [0.5, 0.6) is 5.75 Å². The number of methoxy groups -OCH3 is 1. The highest BCUT2D eigenvalue weighted by atomic mass is 79.9. The van der Waals surface area contributed by atoms with Crippen LogP contribution in [0.4, 0.5) is 0 Å². The van der Waals surface area contributed by atoms with E-state index in [9.17, 15) is 0 Å². The minimum absolute atomic E-state index is 0.852. The third-order valence-corrected chi connectivity index (χ3v) is 4.23. The second-order valence-electron chi connectivity index (χ2n) is 3.98. The first-order valence-electron chi connectivity index (χ1n) is 5.57. The lowest BCUT2D eigenvalue weighted by molar-refractivity contribution is 0.403. The van der Waals surface area contributed by atoms with Crippen LogP contribution in [0.2, 0.25) is 0 Å². The van der Waals surface area contributed by atoms with Gasteiger partial charge in [0.25, 0.3) is 0 Å². The van der Waals surface area contributed by atoms with Crippen LogP contribution in [0.15, 0.2) is 4.47 Å². The molecule has 0 heterocycles. The summed E-state index contributed by atoms with van der Waals surface area (Å²) in [6, 6.07) is 0. The van der Waals surface area contributed by atoms with Crippen molar-refractivity contribution in [2.24, 2.45) is 0 Å². The minimum Gasteiger partial charge on any atom is -0.496 e. The zero-order valence-electron chi connectivity index (χ0n) is 10.7. The fourth-order valence-corrected chi connectivity index (χ4v) is 2.42. The molecule has 0 saturated heterocycles. The fraction of sp³-hybridized carbons (Fsp3) is 0.538. The summed E-state index contributed by atoms with van der Waals surface area (Å²) in [7, 11) is 1.74. The molecule has 0 saturated carbocycles. The maximum absolute atomic E-state index is 5.53. The average molecular weight is 286 g/mol. The Balaban J connectivity index is 3.33. The Morgan fingerprint density at radius 2 is 1.75 bits per heavy atom. The van der Waals surface area contributed by atoms with E-state index in [0.29, 0.717) is 0 Å². The van der Waals surface area contributed by atoms with Crippen molar-refractivity contribution in [3.05, 3.63) is 26.7 Å². The number of benzene rings is 1. The van der Waals surface area contributed by atoms with Gasteiger partial charge in [-0.1, -0.05) is 22.9 Å². The summed E-state index contributed by atoms with van der Waals surface area (Å²) in [5.41, 5.74) is 4.99. The molecule has 1 aromatic carbocycles. The summed E-state index contributed by atoms with van der Waals surface area (Å²) in [5.74, 6) is 1.01. The predicted molar refractivity (Wildman–Crippen MR) is 72.3 cm³/mol. The lowest BCUT2D eigenvalue weighted by atomic mass is 9.99. The minimum atomic E-state index is 0.852. The van der Waals surface area contributed by atoms with Gasteiger partial charge in [0.15, 0.2) is 0 Å². The van der Waals surface area contributed by atoms with Gasteiger partial charge in [0.1, 0.15) is 5.75 Å². The second kappa shape index (κ2) is 5.69. The van der Waals surface area contributed by atoms with Gasteiger partial charge < -0.3 is 10.1 Å². The van der Waals surface area contributed by atoms with E-state index in [-0.39, 0.29) is 0 Å². The molecule has 0 aliphatic heterocycles. The lowest BCUT2D eigenvalue weighted by Gasteiger charge is -2.19. The molecule has 0 amide bonds. The Morgan fingerprint density at radius 3 is 2.25 bits per heavy atom. The van der Waals surface area contributed by atoms with Crippen LogP contribution in [0.25, 0.3) is 0 Å². The fourth-order valence-electron chi connectivity index (χ4n) is 1.88. The molecule has 0 fully saturated rings. The third kappa shape index (κ3) is 2.41. The van der Waals surface area contributed by atoms with Crippen molar-refractivity contribution in [1.82, 2.24) is 5.32 Å². The second-order valence-corrected chi connectivity index (χ2v) is 4.77. The summed E-state index contributed by atoms with van der Waals surface area (Å²) in [4.78, 5) is 0. The van der Waals surface area contributed by atoms with Crippen LogP contribution in [-0.4, -0.2) is 13.7 Å². The molecule has 1 N–H and O–H groups in total. The molecule has 0 atom stereocenters. The molecule has 0 aliphatic rings. The van der Waals surface area contributed by atoms with Crippen LogP contribution in [0.3, 0.4) is 0 Å². The van der Waals surface area contributed by atoms with Crippen molar-refractivity contribution in [1.29, 1.82) is 0 Å². The van der Waals surface area contributed by atoms with Gasteiger partial charge in [0.05, 0.1) is 7.11 Å². The van der Waals surface area contributed by atoms with Crippen molar-refractivity contribution >= 4 is 15.9 Å². The lowest BCUT2D eigenvalue weighted by Crippen LogP contribution is -2.15. The first kappa shape index (κ1) is 13.5. The maximum atomic E-state index is 5.53. The highest BCUT2D eigenvalue weighted by Gasteiger charge is 2.15. The number of halogens is 1. The predicted octanol–water partition coefficient (Wildman–Crippen LogP) is 3.49. The van der Waals surface area contributed by atoms with Crippen LogP contribution < -0.4 is 10.1 Å². The van der Waals surface area contributed by atoms with Gasteiger partial charge in [0.2, 0.25) is 0 Å². The SMILES string of the molecule is CCNCc1c(C)c(Br)c(C)c(C)c1OC. The van der Waals surface area contributed by atoms with E-state index >= 15 is 0 Å². The number of rotatable bonds is 4. The largest absolute Gasteiger partial charge is 0.496 e. The average Bonchev–Trinajstić information content (AvgIpc) is 2.29. The normalized spacial score (nSPS) is 10.6. The third-order valence-electron chi connectivity index (χ3n) is 3.04. The van der Waals surface area contributed by atoms with E-state index in [4.69, 9.17) is 4.74 Å². The number of nitrogens with one attached hydrogen (secondary N) is 1. The Labute approximate surface area is 107 Å². The molecule has 16 heavy (non-hydrogen) atoms. The van der Waals surface area contributed by atoms with Crippen LogP contribution in [-0.2, 0) is 6.54 Å². The standard InChI is InChI=1S/C13H20BrNO/c1-6-15-7-11-10(4)12(14)8(2)9(3)13(11)16-5/h15H,6-7H2,1-5H3. The highest BCUT2D eigenvalue weighted by molar-refractivity contribution is 9.10. The first-order valence-corrected chi connectivity index (χ1v) is 6.36. The number of ether oxygens (including phenoxy) is 1. The Bertz CT molecular complexity index is 388. The van der Waals surface area contributed by atoms with E-state index in [1.807, 2.05) is 0 Å². The molecule has 0 aromatic heterocycles. The van der Waals surface area contributed by atoms with Gasteiger partial charge in [0, 0.05) is 16.6 Å². The molecule has 0 bridgehead atoms. The summed E-state index contributed by atoms with van der Waals surface area (Å²) in [5, 5.41) is 3.35. The Hall–Kier alpha value is -0.540. The Morgan fingerprint density at radius 1 is 1.12 bits per heavy atom. The maximum Gasteiger partial charge on any atom is 0.126 e. The molecule has 2 nitrogen and oxygen atoms in total. The van der Waals surface area contributed by atoms with Gasteiger partial charge in [-0.15, -0.1) is 0 Å². The van der Waals surface area contributed by atoms with E-state index in [0.717, 1.165) is 18.8 Å². The molecular weight excluding hydrogens is 266 g/mol. The molecule has 0 aliphatic carbocycles. The molecule has 1 aromatic rings. The van der Waals surface area contributed by atoms with Crippen molar-refractivity contribution in [3.8, 4) is 5.75 Å². The molecule has 0 spiro atoms. The molecule has 1 rings (SSSR count). The zero-order chi connectivity index (χ0) is 12.3. The first-order chi connectivity index (χ1) is 7.54. The highest BCUT2D eigenvalue weighted by Crippen LogP contribution is 2.35. The number of hydrogen-bond acceptors (Lipinski definition) is 2. The molecule has 0 unspecified atom stereocenters. The summed E-state index contributed by atoms with van der Waals surface area (Å²) in [6.07, 6.45) is 0. The van der Waals surface area contributed by atoms with Gasteiger partial charge in [-0.05, 0) is 44.0 Å². The summed E-state index contributed by atoms with van der Waals surface area (Å²) >= 11 is 3.65. The van der Waals surface area contributed by atoms with E-state index in [1.165, 1.54) is 26.7 Å². The van der Waals surface area contributed by atoms with E-state index in [1.54, 1.807) is 7.11 Å². The van der Waals surface area contributed by atoms with Crippen LogP contribution in [0, 0.1) is 20.8 Å². The van der Waals surface area contributed by atoms with E-state index < -0.39 is 0 Å². The van der Waals surface area contributed by atoms with E-state index in [2.05, 4.69) is 48.9 Å². The van der Waals surface area contributed by atoms with Gasteiger partial charge in [-0.25, -0.2) is 0 Å². The van der Waals surface area contributed by atoms with Gasteiger partial charge in [-0.3, -0.25) is 0 Å². The molecule has 0 radical (unpaired) electrons. The Kier molecular flexibility index (Phi) is 4.81. The monoisotopic (exact) mass is 285 g/mol. The zero-order valence-corrected chi connectivity index (χ0v) is 12.3. The summed E-state index contributed by atoms with van der Waals surface area (Å²) in [6.45, 7) is 10.3. The molecule has 3 heteroatoms. The van der Waals surface area contributed by atoms with Gasteiger partial charge in [-0.2, -0.15) is 0 Å². The van der Waals surface area contributed by atoms with Crippen molar-refractivity contribution < 1.29 is 4.74 Å². The molecule has 90 valence electrons. The topological polar surface area (TPSA) is 21.3 Å². The van der Waals surface area contributed by atoms with Crippen LogP contribution in [0.1, 0.15) is 29.2 Å². The quantitative estimate of drug-likeness (QED) is 0.914. The van der Waals surface area contributed by atoms with Crippen LogP contribution >= 0.6 is 15.9 Å². The van der Waals surface area contributed by atoms with Gasteiger partial charge >= 0.3 is 0 Å². The van der Waals surface area contributed by atoms with Crippen molar-refractivity contribution in [2.45, 2.75) is 34.2 Å². The number of hydrogen-bond donors (Lipinski definition) is 1. The van der Waals surface area contributed by atoms with Crippen molar-refractivity contribution in [3.63, 3.8) is 0 Å². The molecular formula is C13H20BrNO.